The SMILES string of the molecule is CCCc1sc(C(=O)Nc2ccccc2F)cc1CC. The number of aryl methyl sites for hydroxylation is 2. The van der Waals surface area contributed by atoms with Gasteiger partial charge in [0.1, 0.15) is 5.82 Å². The van der Waals surface area contributed by atoms with E-state index in [1.54, 1.807) is 18.2 Å². The van der Waals surface area contributed by atoms with Crippen molar-refractivity contribution in [1.29, 1.82) is 0 Å². The summed E-state index contributed by atoms with van der Waals surface area (Å²) >= 11 is 1.51. The molecule has 20 heavy (non-hydrogen) atoms. The number of anilines is 1. The molecule has 2 nitrogen and oxygen atoms in total. The van der Waals surface area contributed by atoms with Crippen molar-refractivity contribution >= 4 is 22.9 Å². The van der Waals surface area contributed by atoms with Crippen molar-refractivity contribution in [2.45, 2.75) is 33.1 Å². The molecule has 0 aliphatic carbocycles. The molecule has 0 radical (unpaired) electrons. The van der Waals surface area contributed by atoms with Crippen molar-refractivity contribution in [3.8, 4) is 0 Å². The van der Waals surface area contributed by atoms with Crippen molar-refractivity contribution in [1.82, 2.24) is 0 Å². The molecule has 106 valence electrons. The molecule has 1 N–H and O–H groups in total. The second-order valence-corrected chi connectivity index (χ2v) is 5.73. The van der Waals surface area contributed by atoms with Crippen LogP contribution >= 0.6 is 11.3 Å². The Kier molecular flexibility index (Phi) is 4.90. The molecule has 0 saturated heterocycles. The van der Waals surface area contributed by atoms with E-state index in [-0.39, 0.29) is 11.6 Å². The van der Waals surface area contributed by atoms with E-state index in [4.69, 9.17) is 0 Å². The topological polar surface area (TPSA) is 29.1 Å². The lowest BCUT2D eigenvalue weighted by molar-refractivity contribution is 0.103. The van der Waals surface area contributed by atoms with Crippen LogP contribution in [0.15, 0.2) is 30.3 Å². The lowest BCUT2D eigenvalue weighted by Gasteiger charge is -2.04. The average molecular weight is 291 g/mol. The first-order valence-corrected chi connectivity index (χ1v) is 7.64. The van der Waals surface area contributed by atoms with E-state index in [2.05, 4.69) is 19.2 Å². The minimum absolute atomic E-state index is 0.223. The summed E-state index contributed by atoms with van der Waals surface area (Å²) in [5.74, 6) is -0.654. The van der Waals surface area contributed by atoms with Gasteiger partial charge in [0.2, 0.25) is 0 Å². The van der Waals surface area contributed by atoms with Gasteiger partial charge in [-0.3, -0.25) is 4.79 Å². The Morgan fingerprint density at radius 3 is 2.70 bits per heavy atom. The molecule has 0 fully saturated rings. The van der Waals surface area contributed by atoms with Crippen LogP contribution in [0, 0.1) is 5.82 Å². The molecule has 0 spiro atoms. The van der Waals surface area contributed by atoms with E-state index in [1.165, 1.54) is 27.8 Å². The summed E-state index contributed by atoms with van der Waals surface area (Å²) in [4.78, 5) is 14.1. The van der Waals surface area contributed by atoms with Gasteiger partial charge in [-0.15, -0.1) is 11.3 Å². The summed E-state index contributed by atoms with van der Waals surface area (Å²) < 4.78 is 13.5. The van der Waals surface area contributed by atoms with Crippen LogP contribution in [0.5, 0.6) is 0 Å². The maximum Gasteiger partial charge on any atom is 0.265 e. The highest BCUT2D eigenvalue weighted by atomic mass is 32.1. The van der Waals surface area contributed by atoms with E-state index < -0.39 is 5.82 Å². The zero-order valence-electron chi connectivity index (χ0n) is 11.7. The first-order valence-electron chi connectivity index (χ1n) is 6.83. The van der Waals surface area contributed by atoms with Crippen LogP contribution in [0.4, 0.5) is 10.1 Å². The summed E-state index contributed by atoms with van der Waals surface area (Å²) in [6.45, 7) is 4.21. The number of carbonyl (C=O) groups excluding carboxylic acids is 1. The van der Waals surface area contributed by atoms with E-state index in [1.807, 2.05) is 6.07 Å². The normalized spacial score (nSPS) is 10.6. The van der Waals surface area contributed by atoms with Gasteiger partial charge in [-0.05, 0) is 36.6 Å². The molecule has 0 atom stereocenters. The van der Waals surface area contributed by atoms with Crippen LogP contribution in [-0.2, 0) is 12.8 Å². The predicted molar refractivity (Wildman–Crippen MR) is 82.0 cm³/mol. The summed E-state index contributed by atoms with van der Waals surface area (Å²) in [6.07, 6.45) is 2.96. The Hall–Kier alpha value is -1.68. The molecule has 2 rings (SSSR count). The standard InChI is InChI=1S/C16H18FNOS/c1-3-7-14-11(4-2)10-15(20-14)16(19)18-13-9-6-5-8-12(13)17/h5-6,8-10H,3-4,7H2,1-2H3,(H,18,19). The number of thiophene rings is 1. The number of amides is 1. The first-order chi connectivity index (χ1) is 9.65. The Morgan fingerprint density at radius 2 is 2.05 bits per heavy atom. The van der Waals surface area contributed by atoms with Gasteiger partial charge in [0.25, 0.3) is 5.91 Å². The highest BCUT2D eigenvalue weighted by molar-refractivity contribution is 7.14. The maximum absolute atomic E-state index is 13.5. The van der Waals surface area contributed by atoms with Crippen LogP contribution in [-0.4, -0.2) is 5.91 Å². The molecular weight excluding hydrogens is 273 g/mol. The fraction of sp³-hybridized carbons (Fsp3) is 0.312. The lowest BCUT2D eigenvalue weighted by Crippen LogP contribution is -2.11. The van der Waals surface area contributed by atoms with Gasteiger partial charge in [-0.1, -0.05) is 32.4 Å². The predicted octanol–water partition coefficient (Wildman–Crippen LogP) is 4.65. The zero-order chi connectivity index (χ0) is 14.5. The van der Waals surface area contributed by atoms with E-state index in [9.17, 15) is 9.18 Å². The fourth-order valence-electron chi connectivity index (χ4n) is 2.06. The Labute approximate surface area is 122 Å². The number of benzene rings is 1. The fourth-order valence-corrected chi connectivity index (χ4v) is 3.31. The summed E-state index contributed by atoms with van der Waals surface area (Å²) in [5.41, 5.74) is 1.44. The second kappa shape index (κ2) is 6.66. The molecule has 4 heteroatoms. The molecule has 2 aromatic rings. The number of halogens is 1. The number of hydrogen-bond acceptors (Lipinski definition) is 2. The van der Waals surface area contributed by atoms with Crippen LogP contribution < -0.4 is 5.32 Å². The molecular formula is C16H18FNOS. The van der Waals surface area contributed by atoms with Crippen molar-refractivity contribution < 1.29 is 9.18 Å². The zero-order valence-corrected chi connectivity index (χ0v) is 12.5. The van der Waals surface area contributed by atoms with Crippen LogP contribution in [0.1, 0.15) is 40.4 Å². The third-order valence-electron chi connectivity index (χ3n) is 3.10. The molecule has 0 saturated carbocycles. The molecule has 0 aliphatic rings. The molecule has 0 bridgehead atoms. The second-order valence-electron chi connectivity index (χ2n) is 4.60. The van der Waals surface area contributed by atoms with Gasteiger partial charge in [-0.2, -0.15) is 0 Å². The van der Waals surface area contributed by atoms with E-state index >= 15 is 0 Å². The summed E-state index contributed by atoms with van der Waals surface area (Å²) in [5, 5.41) is 2.63. The number of hydrogen-bond donors (Lipinski definition) is 1. The quantitative estimate of drug-likeness (QED) is 0.853. The number of para-hydroxylation sites is 1. The number of rotatable bonds is 5. The van der Waals surface area contributed by atoms with E-state index in [0.717, 1.165) is 19.3 Å². The van der Waals surface area contributed by atoms with Crippen LogP contribution in [0.2, 0.25) is 0 Å². The third kappa shape index (κ3) is 3.25. The number of nitrogens with one attached hydrogen (secondary N) is 1. The van der Waals surface area contributed by atoms with Gasteiger partial charge in [-0.25, -0.2) is 4.39 Å². The molecule has 1 heterocycles. The van der Waals surface area contributed by atoms with Gasteiger partial charge in [0.05, 0.1) is 10.6 Å². The number of carbonyl (C=O) groups is 1. The molecule has 0 aliphatic heterocycles. The minimum Gasteiger partial charge on any atom is -0.319 e. The van der Waals surface area contributed by atoms with Crippen molar-refractivity contribution in [2.75, 3.05) is 5.32 Å². The van der Waals surface area contributed by atoms with Gasteiger partial charge in [0, 0.05) is 4.88 Å². The third-order valence-corrected chi connectivity index (χ3v) is 4.34. The van der Waals surface area contributed by atoms with Crippen LogP contribution in [0.3, 0.4) is 0 Å². The first kappa shape index (κ1) is 14.7. The van der Waals surface area contributed by atoms with E-state index in [0.29, 0.717) is 4.88 Å². The molecule has 1 aromatic carbocycles. The lowest BCUT2D eigenvalue weighted by atomic mass is 10.1. The Morgan fingerprint density at radius 1 is 1.30 bits per heavy atom. The van der Waals surface area contributed by atoms with Gasteiger partial charge >= 0.3 is 0 Å². The van der Waals surface area contributed by atoms with Crippen molar-refractivity contribution in [2.24, 2.45) is 0 Å². The largest absolute Gasteiger partial charge is 0.319 e. The summed E-state index contributed by atoms with van der Waals surface area (Å²) in [6, 6.07) is 8.13. The minimum atomic E-state index is -0.415. The highest BCUT2D eigenvalue weighted by Gasteiger charge is 2.14. The highest BCUT2D eigenvalue weighted by Crippen LogP contribution is 2.25. The molecule has 1 amide bonds. The summed E-state index contributed by atoms with van der Waals surface area (Å²) in [7, 11) is 0. The van der Waals surface area contributed by atoms with Crippen molar-refractivity contribution in [3.05, 3.63) is 51.5 Å². The molecule has 1 aromatic heterocycles. The van der Waals surface area contributed by atoms with Gasteiger partial charge in [0.15, 0.2) is 0 Å². The average Bonchev–Trinajstić information content (AvgIpc) is 2.85. The maximum atomic E-state index is 13.5. The Balaban J connectivity index is 2.19. The molecule has 0 unspecified atom stereocenters. The van der Waals surface area contributed by atoms with Gasteiger partial charge < -0.3 is 5.32 Å². The Bertz CT molecular complexity index is 606. The smallest absolute Gasteiger partial charge is 0.265 e. The van der Waals surface area contributed by atoms with Crippen LogP contribution in [0.25, 0.3) is 0 Å². The monoisotopic (exact) mass is 291 g/mol. The van der Waals surface area contributed by atoms with Crippen molar-refractivity contribution in [3.63, 3.8) is 0 Å².